The number of hydrogen-bond acceptors (Lipinski definition) is 5. The number of ether oxygens (including phenoxy) is 2. The molecule has 156 valence electrons. The molecule has 1 aromatic heterocycles. The molecule has 6 heteroatoms. The third kappa shape index (κ3) is 3.83. The van der Waals surface area contributed by atoms with Gasteiger partial charge in [-0.05, 0) is 61.8 Å². The topological polar surface area (TPSA) is 71.9 Å². The van der Waals surface area contributed by atoms with Gasteiger partial charge in [0.2, 0.25) is 0 Å². The predicted octanol–water partition coefficient (Wildman–Crippen LogP) is 4.14. The fourth-order valence-electron chi connectivity index (χ4n) is 4.38. The highest BCUT2D eigenvalue weighted by atomic mass is 16.5. The van der Waals surface area contributed by atoms with Gasteiger partial charge in [0.25, 0.3) is 0 Å². The van der Waals surface area contributed by atoms with Crippen LogP contribution in [0.2, 0.25) is 0 Å². The number of aromatic nitrogens is 1. The van der Waals surface area contributed by atoms with Crippen LogP contribution in [-0.2, 0) is 4.79 Å². The summed E-state index contributed by atoms with van der Waals surface area (Å²) >= 11 is 0. The summed E-state index contributed by atoms with van der Waals surface area (Å²) in [6.45, 7) is 1.39. The Kier molecular flexibility index (Phi) is 5.86. The van der Waals surface area contributed by atoms with E-state index in [9.17, 15) is 9.90 Å². The van der Waals surface area contributed by atoms with Gasteiger partial charge in [0.1, 0.15) is 11.5 Å². The molecule has 0 aliphatic carbocycles. The van der Waals surface area contributed by atoms with Crippen LogP contribution in [0.1, 0.15) is 30.0 Å². The Balaban J connectivity index is 1.85. The Morgan fingerprint density at radius 2 is 1.83 bits per heavy atom. The number of rotatable bonds is 6. The molecule has 1 aliphatic rings. The second kappa shape index (κ2) is 8.71. The van der Waals surface area contributed by atoms with E-state index < -0.39 is 5.97 Å². The number of fused-ring (bicyclic) bond motifs is 1. The highest BCUT2D eigenvalue weighted by Crippen LogP contribution is 2.40. The number of methoxy groups -OCH3 is 2. The third-order valence-corrected chi connectivity index (χ3v) is 5.95. The van der Waals surface area contributed by atoms with Gasteiger partial charge >= 0.3 is 5.97 Å². The van der Waals surface area contributed by atoms with Gasteiger partial charge in [-0.1, -0.05) is 18.2 Å². The van der Waals surface area contributed by atoms with Crippen LogP contribution in [0.3, 0.4) is 0 Å². The quantitative estimate of drug-likeness (QED) is 0.663. The number of para-hydroxylation sites is 1. The average Bonchev–Trinajstić information content (AvgIpc) is 2.79. The number of hydrogen-bond donors (Lipinski definition) is 1. The van der Waals surface area contributed by atoms with E-state index in [0.29, 0.717) is 25.9 Å². The van der Waals surface area contributed by atoms with Gasteiger partial charge in [0.05, 0.1) is 31.7 Å². The van der Waals surface area contributed by atoms with Gasteiger partial charge in [-0.15, -0.1) is 0 Å². The summed E-state index contributed by atoms with van der Waals surface area (Å²) in [7, 11) is 3.32. The molecule has 0 saturated carbocycles. The summed E-state index contributed by atoms with van der Waals surface area (Å²) in [5.41, 5.74) is 3.06. The summed E-state index contributed by atoms with van der Waals surface area (Å²) in [5, 5.41) is 10.5. The van der Waals surface area contributed by atoms with Crippen molar-refractivity contribution < 1.29 is 19.4 Å². The van der Waals surface area contributed by atoms with Crippen molar-refractivity contribution >= 4 is 16.9 Å². The second-order valence-electron chi connectivity index (χ2n) is 7.58. The number of likely N-dealkylation sites (tertiary alicyclic amines) is 1. The standard InChI is InChI=1S/C24H26N2O4/c1-29-17-7-8-22(30-2)20(15-17)23(26-13-10-16(11-14-26)24(27)28)19-9-12-25-21-6-4-3-5-18(19)21/h3-9,12,15-16,23H,10-11,13-14H2,1-2H3,(H,27,28). The molecule has 1 fully saturated rings. The van der Waals surface area contributed by atoms with E-state index in [1.54, 1.807) is 14.2 Å². The molecule has 3 aromatic rings. The molecular weight excluding hydrogens is 380 g/mol. The Morgan fingerprint density at radius 3 is 2.53 bits per heavy atom. The first-order valence-corrected chi connectivity index (χ1v) is 10.1. The highest BCUT2D eigenvalue weighted by molar-refractivity contribution is 5.83. The van der Waals surface area contributed by atoms with Gasteiger partial charge in [0.15, 0.2) is 0 Å². The van der Waals surface area contributed by atoms with Crippen LogP contribution in [0.4, 0.5) is 0 Å². The lowest BCUT2D eigenvalue weighted by atomic mass is 9.89. The van der Waals surface area contributed by atoms with Gasteiger partial charge in [-0.3, -0.25) is 14.7 Å². The summed E-state index contributed by atoms with van der Waals surface area (Å²) in [5.74, 6) is 0.541. The number of nitrogens with zero attached hydrogens (tertiary/aromatic N) is 2. The molecule has 0 bridgehead atoms. The van der Waals surface area contributed by atoms with Crippen molar-refractivity contribution in [2.75, 3.05) is 27.3 Å². The number of pyridine rings is 1. The van der Waals surface area contributed by atoms with Crippen molar-refractivity contribution in [3.63, 3.8) is 0 Å². The van der Waals surface area contributed by atoms with Crippen molar-refractivity contribution in [1.82, 2.24) is 9.88 Å². The molecule has 30 heavy (non-hydrogen) atoms. The van der Waals surface area contributed by atoms with Crippen molar-refractivity contribution in [3.8, 4) is 11.5 Å². The van der Waals surface area contributed by atoms with Gasteiger partial charge in [-0.25, -0.2) is 0 Å². The lowest BCUT2D eigenvalue weighted by Crippen LogP contribution is -2.39. The van der Waals surface area contributed by atoms with Crippen molar-refractivity contribution in [3.05, 3.63) is 65.9 Å². The summed E-state index contributed by atoms with van der Waals surface area (Å²) in [4.78, 5) is 18.3. The van der Waals surface area contributed by atoms with Crippen LogP contribution >= 0.6 is 0 Å². The summed E-state index contributed by atoms with van der Waals surface area (Å²) < 4.78 is 11.2. The maximum absolute atomic E-state index is 11.5. The average molecular weight is 406 g/mol. The molecule has 0 radical (unpaired) electrons. The Bertz CT molecular complexity index is 1040. The van der Waals surface area contributed by atoms with E-state index in [0.717, 1.165) is 33.5 Å². The van der Waals surface area contributed by atoms with E-state index in [-0.39, 0.29) is 12.0 Å². The maximum Gasteiger partial charge on any atom is 0.306 e. The lowest BCUT2D eigenvalue weighted by Gasteiger charge is -2.38. The lowest BCUT2D eigenvalue weighted by molar-refractivity contribution is -0.143. The van der Waals surface area contributed by atoms with E-state index in [4.69, 9.17) is 9.47 Å². The molecule has 1 saturated heterocycles. The first kappa shape index (κ1) is 20.2. The van der Waals surface area contributed by atoms with Gasteiger partial charge < -0.3 is 14.6 Å². The SMILES string of the molecule is COc1ccc(OC)c(C(c2ccnc3ccccc23)N2CCC(C(=O)O)CC2)c1. The largest absolute Gasteiger partial charge is 0.497 e. The number of piperidine rings is 1. The number of aliphatic carboxylic acids is 1. The first-order valence-electron chi connectivity index (χ1n) is 10.1. The van der Waals surface area contributed by atoms with Gasteiger partial charge in [-0.2, -0.15) is 0 Å². The Morgan fingerprint density at radius 1 is 1.07 bits per heavy atom. The molecule has 2 heterocycles. The zero-order valence-corrected chi connectivity index (χ0v) is 17.2. The first-order chi connectivity index (χ1) is 14.6. The van der Waals surface area contributed by atoms with E-state index in [2.05, 4.69) is 22.0 Å². The molecule has 2 aromatic carbocycles. The fourth-order valence-corrected chi connectivity index (χ4v) is 4.38. The number of carboxylic acids is 1. The molecule has 6 nitrogen and oxygen atoms in total. The molecule has 1 N–H and O–H groups in total. The Hall–Kier alpha value is -3.12. The number of carbonyl (C=O) groups is 1. The fraction of sp³-hybridized carbons (Fsp3) is 0.333. The van der Waals surface area contributed by atoms with Crippen molar-refractivity contribution in [1.29, 1.82) is 0 Å². The molecule has 0 amide bonds. The normalized spacial score (nSPS) is 16.3. The minimum absolute atomic E-state index is 0.0994. The summed E-state index contributed by atoms with van der Waals surface area (Å²) in [6.07, 6.45) is 3.09. The number of benzene rings is 2. The van der Waals surface area contributed by atoms with E-state index >= 15 is 0 Å². The van der Waals surface area contributed by atoms with Crippen LogP contribution in [0.15, 0.2) is 54.7 Å². The van der Waals surface area contributed by atoms with Crippen LogP contribution < -0.4 is 9.47 Å². The molecule has 1 atom stereocenters. The second-order valence-corrected chi connectivity index (χ2v) is 7.58. The van der Waals surface area contributed by atoms with E-state index in [1.165, 1.54) is 0 Å². The molecule has 0 spiro atoms. The highest BCUT2D eigenvalue weighted by Gasteiger charge is 2.32. The number of carboxylic acid groups (broad SMARTS) is 1. The molecular formula is C24H26N2O4. The molecule has 1 unspecified atom stereocenters. The van der Waals surface area contributed by atoms with E-state index in [1.807, 2.05) is 42.6 Å². The minimum Gasteiger partial charge on any atom is -0.497 e. The van der Waals surface area contributed by atoms with Crippen molar-refractivity contribution in [2.45, 2.75) is 18.9 Å². The molecule has 1 aliphatic heterocycles. The predicted molar refractivity (Wildman–Crippen MR) is 115 cm³/mol. The van der Waals surface area contributed by atoms with Crippen molar-refractivity contribution in [2.24, 2.45) is 5.92 Å². The zero-order valence-electron chi connectivity index (χ0n) is 17.2. The van der Waals surface area contributed by atoms with Crippen LogP contribution in [-0.4, -0.2) is 48.3 Å². The Labute approximate surface area is 176 Å². The third-order valence-electron chi connectivity index (χ3n) is 5.95. The maximum atomic E-state index is 11.5. The smallest absolute Gasteiger partial charge is 0.306 e. The zero-order chi connectivity index (χ0) is 21.1. The van der Waals surface area contributed by atoms with Crippen LogP contribution in [0, 0.1) is 5.92 Å². The van der Waals surface area contributed by atoms with Crippen LogP contribution in [0.25, 0.3) is 10.9 Å². The van der Waals surface area contributed by atoms with Gasteiger partial charge in [0, 0.05) is 17.1 Å². The minimum atomic E-state index is -0.709. The summed E-state index contributed by atoms with van der Waals surface area (Å²) in [6, 6.07) is 15.9. The monoisotopic (exact) mass is 406 g/mol. The molecule has 4 rings (SSSR count). The van der Waals surface area contributed by atoms with Crippen LogP contribution in [0.5, 0.6) is 11.5 Å².